The molecule has 0 saturated carbocycles. The lowest BCUT2D eigenvalue weighted by Crippen LogP contribution is -2.64. The molecule has 2 aliphatic heterocycles. The number of carbonyl (C=O) groups is 3. The Labute approximate surface area is 232 Å². The largest absolute Gasteiger partial charge is 0.459 e. The number of ether oxygens (including phenoxy) is 1. The molecule has 0 radical (unpaired) electrons. The minimum absolute atomic E-state index is 0.116. The van der Waals surface area contributed by atoms with E-state index >= 15 is 0 Å². The van der Waals surface area contributed by atoms with Crippen LogP contribution in [-0.2, 0) is 39.3 Å². The van der Waals surface area contributed by atoms with Crippen LogP contribution in [0.3, 0.4) is 0 Å². The van der Waals surface area contributed by atoms with E-state index in [1.807, 2.05) is 85.1 Å². The molecule has 40 heavy (non-hydrogen) atoms. The summed E-state index contributed by atoms with van der Waals surface area (Å²) in [6.45, 7) is 0.907. The standard InChI is InChI=1S/C32H32N4O4/c33-31(39)35-16-14-32(15-17-35)26-12-6-4-10-23(26)19-29(37)36(32)28(30(38)40-21-22-8-2-1-3-9-22)18-24-20-34-27-13-7-5-11-25(24)27/h1-13,20,28,34H,14-19,21H2,(H2,33,39)/t28-/m0/s1. The molecule has 3 heterocycles. The SMILES string of the molecule is NC(=O)N1CCC2(CC1)c1ccccc1CC(=O)N2[C@@H](Cc1c[nH]c2ccccc12)C(=O)OCc1ccccc1. The van der Waals surface area contributed by atoms with E-state index in [1.165, 1.54) is 0 Å². The lowest BCUT2D eigenvalue weighted by atomic mass is 9.73. The van der Waals surface area contributed by atoms with Crippen molar-refractivity contribution in [2.75, 3.05) is 13.1 Å². The van der Waals surface area contributed by atoms with Gasteiger partial charge in [-0.1, -0.05) is 72.8 Å². The van der Waals surface area contributed by atoms with Crippen molar-refractivity contribution in [3.8, 4) is 0 Å². The van der Waals surface area contributed by atoms with E-state index in [0.717, 1.165) is 33.2 Å². The first-order valence-electron chi connectivity index (χ1n) is 13.7. The number of nitrogens with two attached hydrogens (primary N) is 1. The third kappa shape index (κ3) is 4.59. The van der Waals surface area contributed by atoms with Crippen molar-refractivity contribution >= 4 is 28.8 Å². The van der Waals surface area contributed by atoms with E-state index in [4.69, 9.17) is 10.5 Å². The topological polar surface area (TPSA) is 109 Å². The first kappa shape index (κ1) is 25.7. The average molecular weight is 537 g/mol. The second kappa shape index (κ2) is 10.5. The van der Waals surface area contributed by atoms with Crippen molar-refractivity contribution in [3.63, 3.8) is 0 Å². The van der Waals surface area contributed by atoms with Crippen LogP contribution < -0.4 is 5.73 Å². The van der Waals surface area contributed by atoms with Gasteiger partial charge in [0.25, 0.3) is 0 Å². The summed E-state index contributed by atoms with van der Waals surface area (Å²) in [4.78, 5) is 46.8. The summed E-state index contributed by atoms with van der Waals surface area (Å²) in [6.07, 6.45) is 3.37. The van der Waals surface area contributed by atoms with Gasteiger partial charge in [-0.2, -0.15) is 0 Å². The van der Waals surface area contributed by atoms with Crippen LogP contribution >= 0.6 is 0 Å². The number of piperidine rings is 1. The highest BCUT2D eigenvalue weighted by Crippen LogP contribution is 2.45. The number of amides is 3. The number of hydrogen-bond acceptors (Lipinski definition) is 4. The van der Waals surface area contributed by atoms with E-state index in [2.05, 4.69) is 4.98 Å². The molecule has 1 atom stereocenters. The van der Waals surface area contributed by atoms with Crippen LogP contribution in [0.1, 0.15) is 35.1 Å². The molecule has 6 rings (SSSR count). The van der Waals surface area contributed by atoms with E-state index < -0.39 is 23.6 Å². The average Bonchev–Trinajstić information content (AvgIpc) is 3.39. The second-order valence-corrected chi connectivity index (χ2v) is 10.6. The number of likely N-dealkylation sites (tertiary alicyclic amines) is 1. The maximum atomic E-state index is 14.1. The number of urea groups is 1. The fraction of sp³-hybridized carbons (Fsp3) is 0.281. The third-order valence-electron chi connectivity index (χ3n) is 8.39. The lowest BCUT2D eigenvalue weighted by Gasteiger charge is -2.54. The van der Waals surface area contributed by atoms with E-state index in [1.54, 1.807) is 9.80 Å². The molecule has 1 saturated heterocycles. The van der Waals surface area contributed by atoms with Crippen molar-refractivity contribution in [1.29, 1.82) is 0 Å². The third-order valence-corrected chi connectivity index (χ3v) is 8.39. The summed E-state index contributed by atoms with van der Waals surface area (Å²) in [5, 5.41) is 1.01. The quantitative estimate of drug-likeness (QED) is 0.359. The molecule has 8 nitrogen and oxygen atoms in total. The molecule has 1 spiro atoms. The Bertz CT molecular complexity index is 1560. The maximum Gasteiger partial charge on any atom is 0.329 e. The number of esters is 1. The maximum absolute atomic E-state index is 14.1. The fourth-order valence-electron chi connectivity index (χ4n) is 6.44. The minimum atomic E-state index is -0.857. The number of aromatic amines is 1. The Morgan fingerprint density at radius 2 is 1.65 bits per heavy atom. The monoisotopic (exact) mass is 536 g/mol. The molecule has 0 aliphatic carbocycles. The molecule has 0 unspecified atom stereocenters. The molecule has 204 valence electrons. The summed E-state index contributed by atoms with van der Waals surface area (Å²) < 4.78 is 5.91. The highest BCUT2D eigenvalue weighted by Gasteiger charge is 2.52. The summed E-state index contributed by atoms with van der Waals surface area (Å²) in [5.41, 5.74) is 9.62. The smallest absolute Gasteiger partial charge is 0.329 e. The summed E-state index contributed by atoms with van der Waals surface area (Å²) in [7, 11) is 0. The molecule has 3 amide bonds. The Hall–Kier alpha value is -4.59. The van der Waals surface area contributed by atoms with Crippen LogP contribution in [0, 0.1) is 0 Å². The van der Waals surface area contributed by atoms with Crippen molar-refractivity contribution in [1.82, 2.24) is 14.8 Å². The molecule has 0 bridgehead atoms. The molecule has 1 fully saturated rings. The Kier molecular flexibility index (Phi) is 6.76. The predicted octanol–water partition coefficient (Wildman–Crippen LogP) is 4.28. The summed E-state index contributed by atoms with van der Waals surface area (Å²) in [5.74, 6) is -0.564. The molecule has 1 aromatic heterocycles. The van der Waals surface area contributed by atoms with Crippen LogP contribution in [0.4, 0.5) is 4.79 Å². The van der Waals surface area contributed by atoms with Gasteiger partial charge in [0, 0.05) is 36.6 Å². The van der Waals surface area contributed by atoms with Gasteiger partial charge in [0.15, 0.2) is 0 Å². The van der Waals surface area contributed by atoms with Gasteiger partial charge in [-0.25, -0.2) is 9.59 Å². The van der Waals surface area contributed by atoms with Crippen molar-refractivity contribution in [3.05, 3.63) is 107 Å². The van der Waals surface area contributed by atoms with E-state index in [-0.39, 0.29) is 18.9 Å². The fourth-order valence-corrected chi connectivity index (χ4v) is 6.44. The van der Waals surface area contributed by atoms with Crippen LogP contribution in [0.5, 0.6) is 0 Å². The van der Waals surface area contributed by atoms with Gasteiger partial charge in [-0.3, -0.25) is 4.79 Å². The zero-order valence-corrected chi connectivity index (χ0v) is 22.2. The minimum Gasteiger partial charge on any atom is -0.459 e. The Morgan fingerprint density at radius 3 is 2.42 bits per heavy atom. The number of rotatable bonds is 6. The van der Waals surface area contributed by atoms with Crippen LogP contribution in [0.2, 0.25) is 0 Å². The van der Waals surface area contributed by atoms with E-state index in [9.17, 15) is 14.4 Å². The van der Waals surface area contributed by atoms with Gasteiger partial charge < -0.3 is 25.3 Å². The van der Waals surface area contributed by atoms with Gasteiger partial charge in [-0.15, -0.1) is 0 Å². The second-order valence-electron chi connectivity index (χ2n) is 10.6. The molecule has 8 heteroatoms. The number of aromatic nitrogens is 1. The van der Waals surface area contributed by atoms with Crippen LogP contribution in [0.15, 0.2) is 85.1 Å². The number of H-pyrrole nitrogens is 1. The number of primary amides is 1. The number of nitrogens with one attached hydrogen (secondary N) is 1. The highest BCUT2D eigenvalue weighted by atomic mass is 16.5. The Morgan fingerprint density at radius 1 is 0.950 bits per heavy atom. The number of carbonyl (C=O) groups excluding carboxylic acids is 3. The number of para-hydroxylation sites is 1. The molecular formula is C32H32N4O4. The number of hydrogen-bond donors (Lipinski definition) is 2. The lowest BCUT2D eigenvalue weighted by molar-refractivity contribution is -0.165. The number of benzene rings is 3. The predicted molar refractivity (Wildman–Crippen MR) is 151 cm³/mol. The summed E-state index contributed by atoms with van der Waals surface area (Å²) >= 11 is 0. The van der Waals surface area contributed by atoms with Crippen molar-refractivity contribution < 1.29 is 19.1 Å². The number of fused-ring (bicyclic) bond motifs is 3. The molecule has 4 aromatic rings. The molecule has 3 N–H and O–H groups in total. The zero-order chi connectivity index (χ0) is 27.7. The van der Waals surface area contributed by atoms with Gasteiger partial charge in [0.1, 0.15) is 12.6 Å². The van der Waals surface area contributed by atoms with Crippen LogP contribution in [0.25, 0.3) is 10.9 Å². The van der Waals surface area contributed by atoms with Crippen molar-refractivity contribution in [2.45, 2.75) is 43.9 Å². The Balaban J connectivity index is 1.42. The molecule has 2 aliphatic rings. The van der Waals surface area contributed by atoms with Gasteiger partial charge >= 0.3 is 12.0 Å². The zero-order valence-electron chi connectivity index (χ0n) is 22.2. The number of nitrogens with zero attached hydrogens (tertiary/aromatic N) is 2. The van der Waals surface area contributed by atoms with Gasteiger partial charge in [0.05, 0.1) is 12.0 Å². The van der Waals surface area contributed by atoms with Gasteiger partial charge in [-0.05, 0) is 41.2 Å². The first-order chi connectivity index (χ1) is 19.5. The summed E-state index contributed by atoms with van der Waals surface area (Å²) in [6, 6.07) is 24.1. The highest BCUT2D eigenvalue weighted by molar-refractivity contribution is 5.90. The normalized spacial score (nSPS) is 17.1. The van der Waals surface area contributed by atoms with Crippen molar-refractivity contribution in [2.24, 2.45) is 5.73 Å². The van der Waals surface area contributed by atoms with E-state index in [0.29, 0.717) is 32.4 Å². The van der Waals surface area contributed by atoms with Crippen LogP contribution in [-0.4, -0.2) is 51.8 Å². The van der Waals surface area contributed by atoms with Gasteiger partial charge in [0.2, 0.25) is 5.91 Å². The first-order valence-corrected chi connectivity index (χ1v) is 13.7. The molecule has 3 aromatic carbocycles. The molecular weight excluding hydrogens is 504 g/mol.